The van der Waals surface area contributed by atoms with Crippen LogP contribution in [0.25, 0.3) is 10.4 Å². The number of aryl methyl sites for hydroxylation is 1. The average Bonchev–Trinajstić information content (AvgIpc) is 3.16. The van der Waals surface area contributed by atoms with Crippen molar-refractivity contribution in [2.75, 3.05) is 6.26 Å². The van der Waals surface area contributed by atoms with Gasteiger partial charge >= 0.3 is 0 Å². The van der Waals surface area contributed by atoms with Crippen LogP contribution < -0.4 is 4.74 Å². The summed E-state index contributed by atoms with van der Waals surface area (Å²) in [5, 5.41) is 1.04. The van der Waals surface area contributed by atoms with E-state index in [2.05, 4.69) is 11.9 Å². The fraction of sp³-hybridized carbons (Fsp3) is 0.471. The molecule has 1 aromatic carbocycles. The van der Waals surface area contributed by atoms with Crippen LogP contribution in [0.1, 0.15) is 37.6 Å². The largest absolute Gasteiger partial charge is 0.473 e. The highest BCUT2D eigenvalue weighted by Crippen LogP contribution is 2.38. The second kappa shape index (κ2) is 6.61. The molecule has 1 aliphatic carbocycles. The van der Waals surface area contributed by atoms with Gasteiger partial charge in [0.05, 0.1) is 14.8 Å². The van der Waals surface area contributed by atoms with Gasteiger partial charge in [0.2, 0.25) is 5.88 Å². The first-order chi connectivity index (χ1) is 11.0. The number of ether oxygens (including phenoxy) is 1. The van der Waals surface area contributed by atoms with Gasteiger partial charge in [-0.2, -0.15) is 0 Å². The molecule has 6 heteroatoms. The number of nitrogens with zero attached hydrogens (tertiary/aromatic N) is 1. The number of benzene rings is 1. The van der Waals surface area contributed by atoms with Crippen LogP contribution in [-0.4, -0.2) is 25.8 Å². The number of aromatic nitrogens is 1. The van der Waals surface area contributed by atoms with Crippen LogP contribution in [0.5, 0.6) is 5.88 Å². The molecule has 1 heterocycles. The molecule has 1 fully saturated rings. The number of sulfone groups is 1. The van der Waals surface area contributed by atoms with Crippen LogP contribution in [-0.2, 0) is 16.3 Å². The predicted octanol–water partition coefficient (Wildman–Crippen LogP) is 4.10. The lowest BCUT2D eigenvalue weighted by atomic mass is 10.2. The smallest absolute Gasteiger partial charge is 0.233 e. The van der Waals surface area contributed by atoms with Gasteiger partial charge in [0.25, 0.3) is 0 Å². The maximum absolute atomic E-state index is 11.6. The van der Waals surface area contributed by atoms with Crippen molar-refractivity contribution in [3.8, 4) is 16.3 Å². The lowest BCUT2D eigenvalue weighted by molar-refractivity contribution is 0.203. The highest BCUT2D eigenvalue weighted by atomic mass is 32.2. The third-order valence-corrected chi connectivity index (χ3v) is 6.43. The van der Waals surface area contributed by atoms with Gasteiger partial charge in [-0.1, -0.05) is 19.1 Å². The van der Waals surface area contributed by atoms with Gasteiger partial charge in [-0.05, 0) is 49.8 Å². The topological polar surface area (TPSA) is 56.3 Å². The number of thiazole rings is 1. The molecule has 0 saturated heterocycles. The summed E-state index contributed by atoms with van der Waals surface area (Å²) >= 11 is 1.62. The lowest BCUT2D eigenvalue weighted by Gasteiger charge is -2.12. The zero-order valence-electron chi connectivity index (χ0n) is 13.4. The molecule has 124 valence electrons. The Bertz CT molecular complexity index is 773. The predicted molar refractivity (Wildman–Crippen MR) is 92.9 cm³/mol. The molecule has 0 N–H and O–H groups in total. The average molecular weight is 351 g/mol. The Kier molecular flexibility index (Phi) is 4.73. The molecule has 0 unspecified atom stereocenters. The Labute approximate surface area is 141 Å². The molecule has 2 aromatic rings. The molecule has 0 spiro atoms. The molecule has 1 saturated carbocycles. The van der Waals surface area contributed by atoms with Gasteiger partial charge in [-0.15, -0.1) is 11.3 Å². The van der Waals surface area contributed by atoms with Gasteiger partial charge in [0.1, 0.15) is 6.10 Å². The first-order valence-corrected chi connectivity index (χ1v) is 10.6. The van der Waals surface area contributed by atoms with Crippen LogP contribution in [0, 0.1) is 0 Å². The van der Waals surface area contributed by atoms with Gasteiger partial charge in [-0.25, -0.2) is 13.4 Å². The minimum absolute atomic E-state index is 0.260. The Morgan fingerprint density at radius 3 is 2.43 bits per heavy atom. The normalized spacial score (nSPS) is 15.9. The van der Waals surface area contributed by atoms with E-state index in [-0.39, 0.29) is 6.10 Å². The minimum Gasteiger partial charge on any atom is -0.473 e. The van der Waals surface area contributed by atoms with Gasteiger partial charge in [-0.3, -0.25) is 0 Å². The van der Waals surface area contributed by atoms with E-state index in [1.807, 2.05) is 12.1 Å². The van der Waals surface area contributed by atoms with Crippen LogP contribution in [0.4, 0.5) is 0 Å². The summed E-state index contributed by atoms with van der Waals surface area (Å²) in [6.45, 7) is 2.08. The molecule has 3 rings (SSSR count). The molecule has 0 radical (unpaired) electrons. The monoisotopic (exact) mass is 351 g/mol. The van der Waals surface area contributed by atoms with Gasteiger partial charge in [0.15, 0.2) is 9.84 Å². The van der Waals surface area contributed by atoms with Gasteiger partial charge < -0.3 is 4.74 Å². The summed E-state index contributed by atoms with van der Waals surface area (Å²) in [6, 6.07) is 6.97. The zero-order valence-corrected chi connectivity index (χ0v) is 15.0. The molecule has 1 aliphatic rings. The van der Waals surface area contributed by atoms with Crippen molar-refractivity contribution >= 4 is 21.2 Å². The molecule has 0 bridgehead atoms. The highest BCUT2D eigenvalue weighted by molar-refractivity contribution is 7.90. The van der Waals surface area contributed by atoms with E-state index in [0.717, 1.165) is 34.7 Å². The standard InChI is InChI=1S/C17H21NO3S2/c1-3-15-18-17(21-13-6-4-5-7-13)16(22-15)12-8-10-14(11-9-12)23(2,19)20/h8-11,13H,3-7H2,1-2H3. The van der Waals surface area contributed by atoms with E-state index in [9.17, 15) is 8.42 Å². The number of hydrogen-bond acceptors (Lipinski definition) is 5. The van der Waals surface area contributed by atoms with Crippen LogP contribution in [0.15, 0.2) is 29.2 Å². The van der Waals surface area contributed by atoms with E-state index in [4.69, 9.17) is 4.74 Å². The minimum atomic E-state index is -3.17. The van der Waals surface area contributed by atoms with Crippen molar-refractivity contribution in [3.05, 3.63) is 29.3 Å². The first kappa shape index (κ1) is 16.5. The van der Waals surface area contributed by atoms with Crippen LogP contribution in [0.3, 0.4) is 0 Å². The molecule has 1 aromatic heterocycles. The van der Waals surface area contributed by atoms with E-state index >= 15 is 0 Å². The van der Waals surface area contributed by atoms with Crippen molar-refractivity contribution in [2.24, 2.45) is 0 Å². The molecule has 0 amide bonds. The quantitative estimate of drug-likeness (QED) is 0.814. The van der Waals surface area contributed by atoms with E-state index < -0.39 is 9.84 Å². The first-order valence-electron chi connectivity index (χ1n) is 7.94. The summed E-state index contributed by atoms with van der Waals surface area (Å²) in [7, 11) is -3.17. The Balaban J connectivity index is 1.92. The highest BCUT2D eigenvalue weighted by Gasteiger charge is 2.21. The van der Waals surface area contributed by atoms with E-state index in [1.54, 1.807) is 23.5 Å². The molecular weight excluding hydrogens is 330 g/mol. The molecular formula is C17H21NO3S2. The zero-order chi connectivity index (χ0) is 16.4. The van der Waals surface area contributed by atoms with Crippen molar-refractivity contribution in [1.29, 1.82) is 0 Å². The maximum atomic E-state index is 11.6. The Hall–Kier alpha value is -1.40. The number of rotatable bonds is 5. The van der Waals surface area contributed by atoms with E-state index in [1.165, 1.54) is 19.1 Å². The van der Waals surface area contributed by atoms with Crippen molar-refractivity contribution in [1.82, 2.24) is 4.98 Å². The fourth-order valence-corrected chi connectivity index (χ4v) is 4.35. The molecule has 0 aliphatic heterocycles. The number of hydrogen-bond donors (Lipinski definition) is 0. The van der Waals surface area contributed by atoms with Crippen LogP contribution >= 0.6 is 11.3 Å². The summed E-state index contributed by atoms with van der Waals surface area (Å²) < 4.78 is 29.3. The molecule has 4 nitrogen and oxygen atoms in total. The van der Waals surface area contributed by atoms with Crippen molar-refractivity contribution in [2.45, 2.75) is 50.0 Å². The SMILES string of the molecule is CCc1nc(OC2CCCC2)c(-c2ccc(S(C)(=O)=O)cc2)s1. The summed E-state index contributed by atoms with van der Waals surface area (Å²) in [4.78, 5) is 5.95. The summed E-state index contributed by atoms with van der Waals surface area (Å²) in [6.07, 6.45) is 6.96. The van der Waals surface area contributed by atoms with E-state index in [0.29, 0.717) is 10.8 Å². The Morgan fingerprint density at radius 2 is 1.87 bits per heavy atom. The second-order valence-electron chi connectivity index (χ2n) is 5.92. The maximum Gasteiger partial charge on any atom is 0.233 e. The molecule has 23 heavy (non-hydrogen) atoms. The molecule has 0 atom stereocenters. The fourth-order valence-electron chi connectivity index (χ4n) is 2.78. The third-order valence-electron chi connectivity index (χ3n) is 4.07. The summed E-state index contributed by atoms with van der Waals surface area (Å²) in [5.41, 5.74) is 0.961. The summed E-state index contributed by atoms with van der Waals surface area (Å²) in [5.74, 6) is 0.700. The van der Waals surface area contributed by atoms with Crippen molar-refractivity contribution < 1.29 is 13.2 Å². The second-order valence-corrected chi connectivity index (χ2v) is 9.02. The van der Waals surface area contributed by atoms with Crippen LogP contribution in [0.2, 0.25) is 0 Å². The third kappa shape index (κ3) is 3.75. The van der Waals surface area contributed by atoms with Gasteiger partial charge in [0, 0.05) is 6.26 Å². The lowest BCUT2D eigenvalue weighted by Crippen LogP contribution is -2.11. The van der Waals surface area contributed by atoms with Crippen molar-refractivity contribution in [3.63, 3.8) is 0 Å². The Morgan fingerprint density at radius 1 is 1.22 bits per heavy atom.